The van der Waals surface area contributed by atoms with Crippen LogP contribution in [-0.2, 0) is 9.53 Å². The van der Waals surface area contributed by atoms with Gasteiger partial charge in [-0.3, -0.25) is 4.79 Å². The molecule has 16 heavy (non-hydrogen) atoms. The van der Waals surface area contributed by atoms with E-state index in [0.717, 1.165) is 0 Å². The molecule has 1 rings (SSSR count). The van der Waals surface area contributed by atoms with Gasteiger partial charge in [0.1, 0.15) is 6.61 Å². The number of esters is 1. The summed E-state index contributed by atoms with van der Waals surface area (Å²) in [6.07, 6.45) is -0.217. The number of halogens is 1. The van der Waals surface area contributed by atoms with Crippen LogP contribution in [0.25, 0.3) is 0 Å². The quantitative estimate of drug-likeness (QED) is 0.649. The van der Waals surface area contributed by atoms with E-state index >= 15 is 0 Å². The molecule has 5 nitrogen and oxygen atoms in total. The maximum atomic E-state index is 11.5. The van der Waals surface area contributed by atoms with E-state index < -0.39 is 11.9 Å². The van der Waals surface area contributed by atoms with E-state index in [1.54, 1.807) is 12.1 Å². The highest BCUT2D eigenvalue weighted by atomic mass is 79.9. The summed E-state index contributed by atoms with van der Waals surface area (Å²) in [5.74, 6) is -1.61. The highest BCUT2D eigenvalue weighted by molar-refractivity contribution is 9.10. The number of aliphatic carboxylic acids is 1. The molecule has 0 saturated carbocycles. The third kappa shape index (κ3) is 3.54. The minimum absolute atomic E-state index is 0.157. The molecule has 0 aliphatic rings. The maximum absolute atomic E-state index is 11.5. The molecule has 1 aromatic carbocycles. The van der Waals surface area contributed by atoms with Gasteiger partial charge in [-0.1, -0.05) is 0 Å². The second kappa shape index (κ2) is 5.50. The molecule has 0 aliphatic carbocycles. The number of hydrogen-bond donors (Lipinski definition) is 2. The van der Waals surface area contributed by atoms with Gasteiger partial charge in [0.05, 0.1) is 12.0 Å². The van der Waals surface area contributed by atoms with Crippen LogP contribution in [0, 0.1) is 0 Å². The Morgan fingerprint density at radius 2 is 2.12 bits per heavy atom. The zero-order valence-corrected chi connectivity index (χ0v) is 9.86. The van der Waals surface area contributed by atoms with E-state index in [1.165, 1.54) is 6.07 Å². The number of carbonyl (C=O) groups is 2. The van der Waals surface area contributed by atoms with Crippen LogP contribution in [0.2, 0.25) is 0 Å². The molecule has 3 N–H and O–H groups in total. The van der Waals surface area contributed by atoms with Crippen LogP contribution >= 0.6 is 15.9 Å². The smallest absolute Gasteiger partial charge is 0.339 e. The summed E-state index contributed by atoms with van der Waals surface area (Å²) in [5.41, 5.74) is 6.24. The molecule has 0 aromatic heterocycles. The lowest BCUT2D eigenvalue weighted by Crippen LogP contribution is -2.10. The second-order valence-corrected chi connectivity index (χ2v) is 3.87. The summed E-state index contributed by atoms with van der Waals surface area (Å²) in [6, 6.07) is 4.73. The molecular weight excluding hydrogens is 278 g/mol. The second-order valence-electron chi connectivity index (χ2n) is 3.02. The number of ether oxygens (including phenoxy) is 1. The van der Waals surface area contributed by atoms with Gasteiger partial charge in [0.2, 0.25) is 0 Å². The molecule has 0 unspecified atom stereocenters. The summed E-state index contributed by atoms with van der Waals surface area (Å²) in [7, 11) is 0. The average Bonchev–Trinajstić information content (AvgIpc) is 2.21. The molecule has 0 saturated heterocycles. The van der Waals surface area contributed by atoms with Crippen LogP contribution in [-0.4, -0.2) is 23.7 Å². The summed E-state index contributed by atoms with van der Waals surface area (Å²) in [5, 5.41) is 8.38. The number of nitrogens with two attached hydrogens (primary N) is 1. The molecule has 86 valence electrons. The van der Waals surface area contributed by atoms with Gasteiger partial charge in [-0.15, -0.1) is 0 Å². The van der Waals surface area contributed by atoms with Crippen molar-refractivity contribution < 1.29 is 19.4 Å². The van der Waals surface area contributed by atoms with Crippen LogP contribution < -0.4 is 5.73 Å². The molecule has 0 spiro atoms. The standard InChI is InChI=1S/C10H10BrNO4/c11-8-2-1-6(12)5-7(8)10(15)16-4-3-9(13)14/h1-2,5H,3-4,12H2,(H,13,14). The van der Waals surface area contributed by atoms with Crippen molar-refractivity contribution in [3.05, 3.63) is 28.2 Å². The SMILES string of the molecule is Nc1ccc(Br)c(C(=O)OCCC(=O)O)c1. The number of carboxylic acid groups (broad SMARTS) is 1. The van der Waals surface area contributed by atoms with Crippen molar-refractivity contribution >= 4 is 33.6 Å². The first kappa shape index (κ1) is 12.5. The van der Waals surface area contributed by atoms with Crippen LogP contribution in [0.5, 0.6) is 0 Å². The number of carboxylic acids is 1. The Hall–Kier alpha value is -1.56. The van der Waals surface area contributed by atoms with Crippen LogP contribution in [0.4, 0.5) is 5.69 Å². The zero-order valence-electron chi connectivity index (χ0n) is 8.27. The molecule has 6 heteroatoms. The van der Waals surface area contributed by atoms with Gasteiger partial charge < -0.3 is 15.6 Å². The fourth-order valence-corrected chi connectivity index (χ4v) is 1.42. The molecular formula is C10H10BrNO4. The number of anilines is 1. The minimum atomic E-state index is -1.01. The topological polar surface area (TPSA) is 89.6 Å². The molecule has 1 aromatic rings. The fraction of sp³-hybridized carbons (Fsp3) is 0.200. The number of carbonyl (C=O) groups excluding carboxylic acids is 1. The van der Waals surface area contributed by atoms with Crippen LogP contribution in [0.3, 0.4) is 0 Å². The van der Waals surface area contributed by atoms with Crippen molar-refractivity contribution in [2.75, 3.05) is 12.3 Å². The Labute approximate surface area is 100 Å². The van der Waals surface area contributed by atoms with E-state index in [9.17, 15) is 9.59 Å². The maximum Gasteiger partial charge on any atom is 0.339 e. The zero-order chi connectivity index (χ0) is 12.1. The van der Waals surface area contributed by atoms with Crippen molar-refractivity contribution in [3.8, 4) is 0 Å². The molecule has 0 heterocycles. The predicted molar refractivity (Wildman–Crippen MR) is 61.1 cm³/mol. The normalized spacial score (nSPS) is 9.81. The number of hydrogen-bond acceptors (Lipinski definition) is 4. The van der Waals surface area contributed by atoms with E-state index in [1.807, 2.05) is 0 Å². The van der Waals surface area contributed by atoms with Crippen LogP contribution in [0.15, 0.2) is 22.7 Å². The average molecular weight is 288 g/mol. The first-order valence-corrected chi connectivity index (χ1v) is 5.24. The number of rotatable bonds is 4. The predicted octanol–water partition coefficient (Wildman–Crippen LogP) is 1.66. The van der Waals surface area contributed by atoms with Gasteiger partial charge in [-0.25, -0.2) is 4.79 Å². The molecule has 0 bridgehead atoms. The van der Waals surface area contributed by atoms with E-state index in [0.29, 0.717) is 10.2 Å². The van der Waals surface area contributed by atoms with Gasteiger partial charge in [-0.05, 0) is 34.1 Å². The molecule has 0 fully saturated rings. The van der Waals surface area contributed by atoms with Gasteiger partial charge >= 0.3 is 11.9 Å². The largest absolute Gasteiger partial charge is 0.481 e. The van der Waals surface area contributed by atoms with Crippen LogP contribution in [0.1, 0.15) is 16.8 Å². The number of benzene rings is 1. The fourth-order valence-electron chi connectivity index (χ4n) is 1.01. The summed E-state index contributed by atoms with van der Waals surface area (Å²) >= 11 is 3.18. The molecule has 0 amide bonds. The summed E-state index contributed by atoms with van der Waals surface area (Å²) in [4.78, 5) is 21.7. The van der Waals surface area contributed by atoms with Gasteiger partial charge in [0.25, 0.3) is 0 Å². The van der Waals surface area contributed by atoms with Crippen molar-refractivity contribution in [1.29, 1.82) is 0 Å². The van der Waals surface area contributed by atoms with Gasteiger partial charge in [-0.2, -0.15) is 0 Å². The summed E-state index contributed by atoms with van der Waals surface area (Å²) < 4.78 is 5.33. The van der Waals surface area contributed by atoms with E-state index in [4.69, 9.17) is 15.6 Å². The van der Waals surface area contributed by atoms with Crippen molar-refractivity contribution in [2.45, 2.75) is 6.42 Å². The third-order valence-electron chi connectivity index (χ3n) is 1.76. The Morgan fingerprint density at radius 3 is 2.75 bits per heavy atom. The highest BCUT2D eigenvalue weighted by Crippen LogP contribution is 2.20. The Bertz CT molecular complexity index is 419. The first-order valence-electron chi connectivity index (χ1n) is 4.44. The first-order chi connectivity index (χ1) is 7.50. The van der Waals surface area contributed by atoms with Crippen molar-refractivity contribution in [2.24, 2.45) is 0 Å². The molecule has 0 radical (unpaired) electrons. The number of nitrogen functional groups attached to an aromatic ring is 1. The lowest BCUT2D eigenvalue weighted by atomic mass is 10.2. The van der Waals surface area contributed by atoms with Gasteiger partial charge in [0, 0.05) is 10.2 Å². The monoisotopic (exact) mass is 287 g/mol. The third-order valence-corrected chi connectivity index (χ3v) is 2.45. The lowest BCUT2D eigenvalue weighted by Gasteiger charge is -2.05. The van der Waals surface area contributed by atoms with E-state index in [2.05, 4.69) is 15.9 Å². The summed E-state index contributed by atoms with van der Waals surface area (Å²) in [6.45, 7) is -0.157. The Kier molecular flexibility index (Phi) is 4.30. The van der Waals surface area contributed by atoms with Gasteiger partial charge in [0.15, 0.2) is 0 Å². The van der Waals surface area contributed by atoms with Crippen molar-refractivity contribution in [3.63, 3.8) is 0 Å². The highest BCUT2D eigenvalue weighted by Gasteiger charge is 2.12. The van der Waals surface area contributed by atoms with E-state index in [-0.39, 0.29) is 18.6 Å². The minimum Gasteiger partial charge on any atom is -0.481 e. The Balaban J connectivity index is 2.65. The Morgan fingerprint density at radius 1 is 1.44 bits per heavy atom. The lowest BCUT2D eigenvalue weighted by molar-refractivity contribution is -0.137. The van der Waals surface area contributed by atoms with Crippen molar-refractivity contribution in [1.82, 2.24) is 0 Å². The molecule has 0 aliphatic heterocycles. The molecule has 0 atom stereocenters.